The number of aromatic nitrogens is 2. The topological polar surface area (TPSA) is 107 Å². The Morgan fingerprint density at radius 2 is 2.00 bits per heavy atom. The van der Waals surface area contributed by atoms with Crippen molar-refractivity contribution in [3.8, 4) is 0 Å². The first kappa shape index (κ1) is 16.3. The molecular formula is C18H19N5O3. The van der Waals surface area contributed by atoms with Crippen molar-refractivity contribution >= 4 is 29.2 Å². The smallest absolute Gasteiger partial charge is 0.255 e. The van der Waals surface area contributed by atoms with Crippen molar-refractivity contribution in [1.29, 1.82) is 0 Å². The number of anilines is 2. The quantitative estimate of drug-likeness (QED) is 0.712. The van der Waals surface area contributed by atoms with Gasteiger partial charge in [-0.2, -0.15) is 5.10 Å². The first-order chi connectivity index (χ1) is 12.5. The van der Waals surface area contributed by atoms with Gasteiger partial charge in [0.1, 0.15) is 6.42 Å². The molecule has 2 aliphatic rings. The summed E-state index contributed by atoms with van der Waals surface area (Å²) in [6, 6.07) is 8.85. The molecule has 1 aliphatic carbocycles. The van der Waals surface area contributed by atoms with Gasteiger partial charge in [0.25, 0.3) is 5.91 Å². The highest BCUT2D eigenvalue weighted by Gasteiger charge is 2.28. The van der Waals surface area contributed by atoms with E-state index in [0.29, 0.717) is 17.4 Å². The summed E-state index contributed by atoms with van der Waals surface area (Å²) in [4.78, 5) is 35.5. The van der Waals surface area contributed by atoms with E-state index >= 15 is 0 Å². The number of hydrazine groups is 1. The summed E-state index contributed by atoms with van der Waals surface area (Å²) < 4.78 is 0. The Hall–Kier alpha value is -3.16. The van der Waals surface area contributed by atoms with Crippen molar-refractivity contribution in [2.75, 3.05) is 10.3 Å². The van der Waals surface area contributed by atoms with Gasteiger partial charge >= 0.3 is 0 Å². The lowest BCUT2D eigenvalue weighted by atomic mass is 10.00. The molecule has 1 saturated heterocycles. The fraction of sp³-hybridized carbons (Fsp3) is 0.333. The fourth-order valence-corrected chi connectivity index (χ4v) is 2.95. The summed E-state index contributed by atoms with van der Waals surface area (Å²) in [6.07, 6.45) is 2.18. The lowest BCUT2D eigenvalue weighted by Crippen LogP contribution is -2.35. The van der Waals surface area contributed by atoms with Crippen molar-refractivity contribution < 1.29 is 14.4 Å². The van der Waals surface area contributed by atoms with E-state index in [4.69, 9.17) is 0 Å². The Morgan fingerprint density at radius 1 is 1.27 bits per heavy atom. The minimum absolute atomic E-state index is 0.146. The molecule has 26 heavy (non-hydrogen) atoms. The number of amides is 3. The molecule has 2 fully saturated rings. The van der Waals surface area contributed by atoms with Crippen LogP contribution in [0.3, 0.4) is 0 Å². The summed E-state index contributed by atoms with van der Waals surface area (Å²) in [5.74, 6) is -0.0706. The summed E-state index contributed by atoms with van der Waals surface area (Å²) in [5.41, 5.74) is 4.93. The summed E-state index contributed by atoms with van der Waals surface area (Å²) in [6.45, 7) is 1.81. The Morgan fingerprint density at radius 3 is 2.62 bits per heavy atom. The lowest BCUT2D eigenvalue weighted by molar-refractivity contribution is -0.122. The second-order valence-corrected chi connectivity index (χ2v) is 6.73. The molecule has 1 aliphatic heterocycles. The second-order valence-electron chi connectivity index (χ2n) is 6.73. The fourth-order valence-electron chi connectivity index (χ4n) is 2.95. The van der Waals surface area contributed by atoms with Gasteiger partial charge in [-0.3, -0.25) is 24.9 Å². The number of carbonyl (C=O) groups excluding carboxylic acids is 3. The summed E-state index contributed by atoms with van der Waals surface area (Å²) >= 11 is 0. The van der Waals surface area contributed by atoms with Crippen LogP contribution in [-0.2, 0) is 14.4 Å². The molecule has 0 radical (unpaired) electrons. The molecule has 0 spiro atoms. The molecule has 2 heterocycles. The van der Waals surface area contributed by atoms with Gasteiger partial charge in [0.15, 0.2) is 5.82 Å². The van der Waals surface area contributed by atoms with Gasteiger partial charge in [-0.15, -0.1) is 0 Å². The largest absolute Gasteiger partial charge is 0.309 e. The third-order valence-corrected chi connectivity index (χ3v) is 4.71. The van der Waals surface area contributed by atoms with E-state index in [0.717, 1.165) is 24.1 Å². The number of aromatic amines is 1. The van der Waals surface area contributed by atoms with Gasteiger partial charge in [-0.25, -0.2) is 5.01 Å². The van der Waals surface area contributed by atoms with E-state index in [1.807, 2.05) is 13.0 Å². The van der Waals surface area contributed by atoms with Gasteiger partial charge in [0.2, 0.25) is 11.8 Å². The number of nitrogens with one attached hydrogen (secondary N) is 3. The van der Waals surface area contributed by atoms with E-state index in [1.54, 1.807) is 24.3 Å². The molecule has 2 aromatic rings. The van der Waals surface area contributed by atoms with Gasteiger partial charge < -0.3 is 5.32 Å². The Balaban J connectivity index is 1.41. The van der Waals surface area contributed by atoms with Crippen LogP contribution in [0.4, 0.5) is 11.5 Å². The monoisotopic (exact) mass is 353 g/mol. The molecule has 8 nitrogen and oxygen atoms in total. The van der Waals surface area contributed by atoms with Crippen LogP contribution in [0, 0.1) is 0 Å². The van der Waals surface area contributed by atoms with E-state index < -0.39 is 0 Å². The molecular weight excluding hydrogens is 334 g/mol. The number of carbonyl (C=O) groups is 3. The van der Waals surface area contributed by atoms with Gasteiger partial charge in [-0.05, 0) is 37.5 Å². The second kappa shape index (κ2) is 6.29. The minimum Gasteiger partial charge on any atom is -0.309 e. The van der Waals surface area contributed by atoms with Gasteiger partial charge in [0.05, 0.1) is 11.6 Å². The van der Waals surface area contributed by atoms with Crippen LogP contribution in [0.5, 0.6) is 0 Å². The van der Waals surface area contributed by atoms with E-state index in [2.05, 4.69) is 20.9 Å². The van der Waals surface area contributed by atoms with Crippen LogP contribution in [0.2, 0.25) is 0 Å². The highest BCUT2D eigenvalue weighted by atomic mass is 16.2. The maximum atomic E-state index is 12.5. The zero-order valence-corrected chi connectivity index (χ0v) is 14.3. The minimum atomic E-state index is -0.381. The molecule has 1 unspecified atom stereocenters. The normalized spacial score (nSPS) is 18.0. The Bertz CT molecular complexity index is 869. The molecule has 1 saturated carbocycles. The standard InChI is InChI=1S/C18H19N5O3/c1-10(18(26)19-15-8-14(20-21-15)12-2-3-12)11-4-6-13(7-5-11)23-17(25)9-16(24)22-23/h4-8,10,12H,2-3,9H2,1H3,(H,22,24)(H2,19,20,21,26). The van der Waals surface area contributed by atoms with E-state index in [-0.39, 0.29) is 30.1 Å². The molecule has 4 rings (SSSR count). The third-order valence-electron chi connectivity index (χ3n) is 4.71. The molecule has 8 heteroatoms. The zero-order valence-electron chi connectivity index (χ0n) is 14.3. The summed E-state index contributed by atoms with van der Waals surface area (Å²) in [5, 5.41) is 11.1. The van der Waals surface area contributed by atoms with E-state index in [1.165, 1.54) is 5.01 Å². The summed E-state index contributed by atoms with van der Waals surface area (Å²) in [7, 11) is 0. The Labute approximate surface area is 149 Å². The maximum Gasteiger partial charge on any atom is 0.255 e. The number of hydrogen-bond acceptors (Lipinski definition) is 4. The third kappa shape index (κ3) is 3.17. The molecule has 3 amide bonds. The molecule has 134 valence electrons. The number of hydrogen-bond donors (Lipinski definition) is 3. The average molecular weight is 353 g/mol. The van der Waals surface area contributed by atoms with Crippen molar-refractivity contribution in [2.24, 2.45) is 0 Å². The van der Waals surface area contributed by atoms with Gasteiger partial charge in [0, 0.05) is 17.7 Å². The van der Waals surface area contributed by atoms with Crippen LogP contribution in [0.15, 0.2) is 30.3 Å². The Kier molecular flexibility index (Phi) is 3.95. The number of benzene rings is 1. The number of nitrogens with zero attached hydrogens (tertiary/aromatic N) is 2. The highest BCUT2D eigenvalue weighted by Crippen LogP contribution is 2.39. The zero-order chi connectivity index (χ0) is 18.3. The van der Waals surface area contributed by atoms with Crippen molar-refractivity contribution in [1.82, 2.24) is 15.6 Å². The van der Waals surface area contributed by atoms with Crippen LogP contribution >= 0.6 is 0 Å². The first-order valence-electron chi connectivity index (χ1n) is 8.60. The lowest BCUT2D eigenvalue weighted by Gasteiger charge is -2.17. The highest BCUT2D eigenvalue weighted by molar-refractivity contribution is 6.11. The van der Waals surface area contributed by atoms with Crippen molar-refractivity contribution in [2.45, 2.75) is 38.0 Å². The molecule has 1 aromatic heterocycles. The first-order valence-corrected chi connectivity index (χ1v) is 8.60. The number of rotatable bonds is 5. The molecule has 1 atom stereocenters. The van der Waals surface area contributed by atoms with Crippen LogP contribution in [-0.4, -0.2) is 27.9 Å². The van der Waals surface area contributed by atoms with Crippen LogP contribution in [0.25, 0.3) is 0 Å². The van der Waals surface area contributed by atoms with Crippen molar-refractivity contribution in [3.63, 3.8) is 0 Å². The predicted molar refractivity (Wildman–Crippen MR) is 94.3 cm³/mol. The molecule has 1 aromatic carbocycles. The SMILES string of the molecule is CC(C(=O)Nc1cc(C2CC2)[nH]n1)c1ccc(N2NC(=O)CC2=O)cc1. The van der Waals surface area contributed by atoms with Crippen LogP contribution < -0.4 is 15.8 Å². The van der Waals surface area contributed by atoms with Crippen molar-refractivity contribution in [3.05, 3.63) is 41.6 Å². The number of H-pyrrole nitrogens is 1. The van der Waals surface area contributed by atoms with Gasteiger partial charge in [-0.1, -0.05) is 12.1 Å². The maximum absolute atomic E-state index is 12.5. The van der Waals surface area contributed by atoms with E-state index in [9.17, 15) is 14.4 Å². The predicted octanol–water partition coefficient (Wildman–Crippen LogP) is 1.80. The molecule has 3 N–H and O–H groups in total. The molecule has 0 bridgehead atoms. The van der Waals surface area contributed by atoms with Crippen LogP contribution in [0.1, 0.15) is 49.3 Å². The average Bonchev–Trinajstić information content (AvgIpc) is 3.29.